The Morgan fingerprint density at radius 3 is 2.58 bits per heavy atom. The molecule has 0 aliphatic rings. The molecule has 0 bridgehead atoms. The van der Waals surface area contributed by atoms with Crippen molar-refractivity contribution in [2.45, 2.75) is 58.8 Å². The number of aryl methyl sites for hydroxylation is 2. The van der Waals surface area contributed by atoms with E-state index in [9.17, 15) is 27.6 Å². The third kappa shape index (κ3) is 9.26. The van der Waals surface area contributed by atoms with Crippen molar-refractivity contribution in [3.8, 4) is 5.75 Å². The van der Waals surface area contributed by atoms with Crippen molar-refractivity contribution < 1.29 is 32.2 Å². The topological polar surface area (TPSA) is 129 Å². The molecule has 0 saturated heterocycles. The average molecular weight is 537 g/mol. The van der Waals surface area contributed by atoms with E-state index in [1.807, 2.05) is 0 Å². The summed E-state index contributed by atoms with van der Waals surface area (Å²) in [5, 5.41) is 12.8. The SMILES string of the molecule is CC(C)OC(=O)Nc1ccn(CCCCn2cc(C(=O)NCc3cccc(OC(F)(F)F)c3)nn2)c(=O)c1. The molecule has 0 aliphatic heterocycles. The van der Waals surface area contributed by atoms with Crippen LogP contribution >= 0.6 is 0 Å². The van der Waals surface area contributed by atoms with Gasteiger partial charge in [0.1, 0.15) is 5.75 Å². The number of aromatic nitrogens is 4. The van der Waals surface area contributed by atoms with Crippen molar-refractivity contribution >= 4 is 17.7 Å². The minimum Gasteiger partial charge on any atom is -0.447 e. The minimum atomic E-state index is -4.80. The fourth-order valence-corrected chi connectivity index (χ4v) is 3.32. The zero-order valence-corrected chi connectivity index (χ0v) is 20.7. The number of halogens is 3. The second-order valence-corrected chi connectivity index (χ2v) is 8.48. The van der Waals surface area contributed by atoms with E-state index >= 15 is 0 Å². The van der Waals surface area contributed by atoms with Gasteiger partial charge in [0, 0.05) is 31.9 Å². The van der Waals surface area contributed by atoms with Crippen LogP contribution in [-0.4, -0.2) is 44.0 Å². The van der Waals surface area contributed by atoms with Gasteiger partial charge in [-0.05, 0) is 50.5 Å². The highest BCUT2D eigenvalue weighted by molar-refractivity contribution is 5.91. The number of rotatable bonds is 11. The number of hydrogen-bond donors (Lipinski definition) is 2. The molecule has 3 aromatic rings. The Morgan fingerprint density at radius 1 is 1.11 bits per heavy atom. The van der Waals surface area contributed by atoms with Crippen molar-refractivity contribution in [1.29, 1.82) is 0 Å². The standard InChI is InChI=1S/C24H27F3N6O5/c1-16(2)37-23(36)29-18-8-11-32(21(34)13-18)9-3-4-10-33-15-20(30-31-33)22(35)28-14-17-6-5-7-19(12-17)38-24(25,26)27/h5-8,11-13,15-16H,3-4,9-10,14H2,1-2H3,(H,28,35)(H,29,36). The van der Waals surface area contributed by atoms with Gasteiger partial charge in [-0.25, -0.2) is 4.79 Å². The fraction of sp³-hybridized carbons (Fsp3) is 0.375. The first-order valence-electron chi connectivity index (χ1n) is 11.7. The molecule has 0 saturated carbocycles. The second-order valence-electron chi connectivity index (χ2n) is 8.48. The van der Waals surface area contributed by atoms with Gasteiger partial charge < -0.3 is 19.4 Å². The van der Waals surface area contributed by atoms with Crippen molar-refractivity contribution in [2.24, 2.45) is 0 Å². The van der Waals surface area contributed by atoms with Crippen LogP contribution in [0.4, 0.5) is 23.7 Å². The van der Waals surface area contributed by atoms with E-state index in [4.69, 9.17) is 4.74 Å². The fourth-order valence-electron chi connectivity index (χ4n) is 3.32. The molecule has 204 valence electrons. The van der Waals surface area contributed by atoms with Gasteiger partial charge in [-0.15, -0.1) is 18.3 Å². The summed E-state index contributed by atoms with van der Waals surface area (Å²) < 4.78 is 49.0. The Hall–Kier alpha value is -4.36. The summed E-state index contributed by atoms with van der Waals surface area (Å²) in [6, 6.07) is 8.20. The number of amides is 2. The number of carbonyl (C=O) groups excluding carboxylic acids is 2. The molecule has 0 aliphatic carbocycles. The van der Waals surface area contributed by atoms with Gasteiger partial charge in [0.15, 0.2) is 5.69 Å². The smallest absolute Gasteiger partial charge is 0.447 e. The monoisotopic (exact) mass is 536 g/mol. The molecule has 0 fully saturated rings. The third-order valence-electron chi connectivity index (χ3n) is 4.98. The van der Waals surface area contributed by atoms with E-state index in [1.165, 1.54) is 39.7 Å². The van der Waals surface area contributed by atoms with E-state index in [2.05, 4.69) is 25.7 Å². The molecule has 0 unspecified atom stereocenters. The Kier molecular flexibility index (Phi) is 9.46. The predicted molar refractivity (Wildman–Crippen MR) is 129 cm³/mol. The molecule has 14 heteroatoms. The van der Waals surface area contributed by atoms with E-state index in [0.717, 1.165) is 0 Å². The molecule has 11 nitrogen and oxygen atoms in total. The van der Waals surface area contributed by atoms with Crippen molar-refractivity contribution in [3.63, 3.8) is 0 Å². The van der Waals surface area contributed by atoms with E-state index in [-0.39, 0.29) is 29.7 Å². The van der Waals surface area contributed by atoms with E-state index < -0.39 is 18.4 Å². The van der Waals surface area contributed by atoms with Crippen molar-refractivity contribution in [1.82, 2.24) is 24.9 Å². The molecule has 0 atom stereocenters. The summed E-state index contributed by atoms with van der Waals surface area (Å²) >= 11 is 0. The molecule has 2 amide bonds. The van der Waals surface area contributed by atoms with Crippen LogP contribution < -0.4 is 20.9 Å². The number of anilines is 1. The summed E-state index contributed by atoms with van der Waals surface area (Å²) in [7, 11) is 0. The van der Waals surface area contributed by atoms with Crippen LogP contribution in [0.25, 0.3) is 0 Å². The molecular formula is C24H27F3N6O5. The maximum Gasteiger partial charge on any atom is 0.573 e. The quantitative estimate of drug-likeness (QED) is 0.358. The van der Waals surface area contributed by atoms with Crippen LogP contribution in [-0.2, 0) is 24.4 Å². The molecule has 2 aromatic heterocycles. The molecule has 2 heterocycles. The summed E-state index contributed by atoms with van der Waals surface area (Å²) in [5.41, 5.74) is 0.542. The largest absolute Gasteiger partial charge is 0.573 e. The molecule has 0 radical (unpaired) electrons. The molecular weight excluding hydrogens is 509 g/mol. The first-order valence-corrected chi connectivity index (χ1v) is 11.7. The second kappa shape index (κ2) is 12.7. The maximum absolute atomic E-state index is 12.4. The van der Waals surface area contributed by atoms with Crippen LogP contribution in [0.1, 0.15) is 42.7 Å². The molecule has 3 rings (SSSR count). The predicted octanol–water partition coefficient (Wildman–Crippen LogP) is 3.71. The average Bonchev–Trinajstić information content (AvgIpc) is 3.29. The number of benzene rings is 1. The minimum absolute atomic E-state index is 0.0251. The van der Waals surface area contributed by atoms with Crippen LogP contribution in [0.5, 0.6) is 5.75 Å². The highest BCUT2D eigenvalue weighted by Gasteiger charge is 2.31. The normalized spacial score (nSPS) is 11.3. The van der Waals surface area contributed by atoms with Crippen LogP contribution in [0.2, 0.25) is 0 Å². The van der Waals surface area contributed by atoms with Crippen LogP contribution in [0, 0.1) is 0 Å². The van der Waals surface area contributed by atoms with E-state index in [0.29, 0.717) is 37.2 Å². The number of alkyl halides is 3. The zero-order valence-electron chi connectivity index (χ0n) is 20.7. The summed E-state index contributed by atoms with van der Waals surface area (Å²) in [5.74, 6) is -0.910. The summed E-state index contributed by atoms with van der Waals surface area (Å²) in [6.07, 6.45) is -1.40. The Bertz CT molecular complexity index is 1300. The Morgan fingerprint density at radius 2 is 1.87 bits per heavy atom. The van der Waals surface area contributed by atoms with Crippen LogP contribution in [0.15, 0.2) is 53.6 Å². The number of pyridine rings is 1. The first-order chi connectivity index (χ1) is 18.0. The van der Waals surface area contributed by atoms with Gasteiger partial charge in [0.2, 0.25) is 0 Å². The van der Waals surface area contributed by atoms with Crippen molar-refractivity contribution in [3.05, 3.63) is 70.4 Å². The lowest BCUT2D eigenvalue weighted by molar-refractivity contribution is -0.274. The number of carbonyl (C=O) groups is 2. The number of ether oxygens (including phenoxy) is 2. The number of nitrogens with zero attached hydrogens (tertiary/aromatic N) is 4. The lowest BCUT2D eigenvalue weighted by atomic mass is 10.2. The van der Waals surface area contributed by atoms with Crippen LogP contribution in [0.3, 0.4) is 0 Å². The zero-order chi connectivity index (χ0) is 27.7. The van der Waals surface area contributed by atoms with Gasteiger partial charge in [0.05, 0.1) is 18.0 Å². The highest BCUT2D eigenvalue weighted by Crippen LogP contribution is 2.23. The first kappa shape index (κ1) is 28.2. The Balaban J connectivity index is 1.42. The number of hydrogen-bond acceptors (Lipinski definition) is 7. The van der Waals surface area contributed by atoms with Gasteiger partial charge in [-0.1, -0.05) is 17.3 Å². The molecule has 38 heavy (non-hydrogen) atoms. The van der Waals surface area contributed by atoms with Gasteiger partial charge in [-0.3, -0.25) is 19.6 Å². The Labute approximate surface area is 215 Å². The summed E-state index contributed by atoms with van der Waals surface area (Å²) in [6.45, 7) is 4.30. The number of nitrogens with one attached hydrogen (secondary N) is 2. The maximum atomic E-state index is 12.4. The van der Waals surface area contributed by atoms with Gasteiger partial charge in [-0.2, -0.15) is 0 Å². The molecule has 0 spiro atoms. The summed E-state index contributed by atoms with van der Waals surface area (Å²) in [4.78, 5) is 36.3. The molecule has 2 N–H and O–H groups in total. The lowest BCUT2D eigenvalue weighted by Gasteiger charge is -2.10. The lowest BCUT2D eigenvalue weighted by Crippen LogP contribution is -2.23. The third-order valence-corrected chi connectivity index (χ3v) is 4.98. The number of unbranched alkanes of at least 4 members (excludes halogenated alkanes) is 1. The van der Waals surface area contributed by atoms with E-state index in [1.54, 1.807) is 32.2 Å². The van der Waals surface area contributed by atoms with Crippen molar-refractivity contribution in [2.75, 3.05) is 5.32 Å². The van der Waals surface area contributed by atoms with Gasteiger partial charge >= 0.3 is 12.5 Å². The van der Waals surface area contributed by atoms with Gasteiger partial charge in [0.25, 0.3) is 11.5 Å². The highest BCUT2D eigenvalue weighted by atomic mass is 19.4. The molecule has 1 aromatic carbocycles.